The molecule has 0 saturated carbocycles. The van der Waals surface area contributed by atoms with Crippen molar-refractivity contribution in [2.45, 2.75) is 52.2 Å². The number of aromatic nitrogens is 2. The molecule has 2 rings (SSSR count). The van der Waals surface area contributed by atoms with Gasteiger partial charge in [0.15, 0.2) is 18.4 Å². The van der Waals surface area contributed by atoms with E-state index in [9.17, 15) is 24.0 Å². The predicted octanol–water partition coefficient (Wildman–Crippen LogP) is -0.768. The van der Waals surface area contributed by atoms with Crippen molar-refractivity contribution in [3.8, 4) is 11.8 Å². The summed E-state index contributed by atoms with van der Waals surface area (Å²) in [5, 5.41) is 0. The molecule has 1 N–H and O–H groups in total. The van der Waals surface area contributed by atoms with Gasteiger partial charge in [-0.05, 0) is 6.92 Å². The van der Waals surface area contributed by atoms with Gasteiger partial charge in [-0.2, -0.15) is 0 Å². The highest BCUT2D eigenvalue weighted by Gasteiger charge is 2.51. The predicted molar refractivity (Wildman–Crippen MR) is 95.5 cm³/mol. The summed E-state index contributed by atoms with van der Waals surface area (Å²) in [5.41, 5.74) is -1.58. The third kappa shape index (κ3) is 5.32. The average molecular weight is 408 g/mol. The second-order valence-electron chi connectivity index (χ2n) is 6.10. The number of carbonyl (C=O) groups excluding carboxylic acids is 3. The van der Waals surface area contributed by atoms with E-state index in [0.717, 1.165) is 24.6 Å². The fourth-order valence-corrected chi connectivity index (χ4v) is 2.81. The number of H-pyrrole nitrogens is 1. The smallest absolute Gasteiger partial charge is 0.330 e. The molecule has 0 bridgehead atoms. The molecule has 0 spiro atoms. The Labute approximate surface area is 164 Å². The topological polar surface area (TPSA) is 143 Å². The van der Waals surface area contributed by atoms with Gasteiger partial charge < -0.3 is 18.9 Å². The van der Waals surface area contributed by atoms with Gasteiger partial charge >= 0.3 is 23.6 Å². The van der Waals surface area contributed by atoms with Crippen molar-refractivity contribution >= 4 is 17.9 Å². The first-order valence-electron chi connectivity index (χ1n) is 8.55. The van der Waals surface area contributed by atoms with Crippen LogP contribution in [0.1, 0.15) is 39.5 Å². The molecular formula is C18H20N2O9. The molecule has 0 radical (unpaired) electrons. The van der Waals surface area contributed by atoms with E-state index in [1.807, 2.05) is 0 Å². The van der Waals surface area contributed by atoms with Crippen molar-refractivity contribution in [1.82, 2.24) is 9.55 Å². The van der Waals surface area contributed by atoms with Gasteiger partial charge in [-0.15, -0.1) is 5.92 Å². The van der Waals surface area contributed by atoms with Crippen LogP contribution in [0.15, 0.2) is 15.8 Å². The lowest BCUT2D eigenvalue weighted by atomic mass is 10.1. The Balaban J connectivity index is 2.53. The van der Waals surface area contributed by atoms with Gasteiger partial charge in [0.25, 0.3) is 5.56 Å². The standard InChI is InChI=1S/C18H20N2O9/c1-5-6-12-7-20(18(25)19-16(12)24)17-15(28-11(4)23)14(27-10(3)22)13(29-17)8-26-9(2)21/h7,13-15,17H,8H2,1-4H3,(H,19,24,25)/t13-,14-,15+,17-/m1/s1. The van der Waals surface area contributed by atoms with Gasteiger partial charge in [0.05, 0.1) is 0 Å². The van der Waals surface area contributed by atoms with Crippen LogP contribution in [0.4, 0.5) is 0 Å². The molecule has 2 heterocycles. The number of hydrogen-bond acceptors (Lipinski definition) is 9. The van der Waals surface area contributed by atoms with Gasteiger partial charge in [0, 0.05) is 27.0 Å². The summed E-state index contributed by atoms with van der Waals surface area (Å²) in [4.78, 5) is 60.7. The Bertz CT molecular complexity index is 982. The lowest BCUT2D eigenvalue weighted by molar-refractivity contribution is -0.166. The number of nitrogens with zero attached hydrogens (tertiary/aromatic N) is 1. The number of ether oxygens (including phenoxy) is 4. The Morgan fingerprint density at radius 1 is 1.10 bits per heavy atom. The first-order chi connectivity index (χ1) is 13.6. The van der Waals surface area contributed by atoms with E-state index in [-0.39, 0.29) is 12.2 Å². The van der Waals surface area contributed by atoms with Crippen LogP contribution < -0.4 is 11.2 Å². The number of carbonyl (C=O) groups is 3. The maximum atomic E-state index is 12.4. The molecule has 0 unspecified atom stereocenters. The fourth-order valence-electron chi connectivity index (χ4n) is 2.81. The monoisotopic (exact) mass is 408 g/mol. The summed E-state index contributed by atoms with van der Waals surface area (Å²) in [6.45, 7) is 4.64. The summed E-state index contributed by atoms with van der Waals surface area (Å²) >= 11 is 0. The van der Waals surface area contributed by atoms with Crippen LogP contribution in [0.25, 0.3) is 0 Å². The fraction of sp³-hybridized carbons (Fsp3) is 0.500. The van der Waals surface area contributed by atoms with E-state index in [1.54, 1.807) is 0 Å². The second kappa shape index (κ2) is 9.20. The zero-order chi connectivity index (χ0) is 21.7. The maximum Gasteiger partial charge on any atom is 0.330 e. The summed E-state index contributed by atoms with van der Waals surface area (Å²) in [7, 11) is 0. The van der Waals surface area contributed by atoms with Gasteiger partial charge in [0.2, 0.25) is 0 Å². The maximum absolute atomic E-state index is 12.4. The molecule has 156 valence electrons. The molecule has 11 heteroatoms. The van der Waals surface area contributed by atoms with Crippen molar-refractivity contribution in [3.05, 3.63) is 32.6 Å². The van der Waals surface area contributed by atoms with E-state index < -0.39 is 53.7 Å². The Morgan fingerprint density at radius 2 is 1.72 bits per heavy atom. The third-order valence-corrected chi connectivity index (χ3v) is 3.84. The molecule has 0 aliphatic carbocycles. The number of nitrogens with one attached hydrogen (secondary N) is 1. The summed E-state index contributed by atoms with van der Waals surface area (Å²) < 4.78 is 22.1. The van der Waals surface area contributed by atoms with Crippen LogP contribution in [0.2, 0.25) is 0 Å². The molecule has 1 saturated heterocycles. The Hall–Kier alpha value is -3.39. The van der Waals surface area contributed by atoms with Crippen LogP contribution in [-0.2, 0) is 33.3 Å². The molecular weight excluding hydrogens is 388 g/mol. The highest BCUT2D eigenvalue weighted by molar-refractivity contribution is 5.68. The van der Waals surface area contributed by atoms with Crippen LogP contribution in [0.5, 0.6) is 0 Å². The molecule has 1 aliphatic rings. The molecule has 0 aromatic carbocycles. The normalized spacial score (nSPS) is 22.9. The first kappa shape index (κ1) is 21.9. The lowest BCUT2D eigenvalue weighted by Crippen LogP contribution is -2.42. The van der Waals surface area contributed by atoms with Crippen LogP contribution in [0, 0.1) is 11.8 Å². The average Bonchev–Trinajstić information content (AvgIpc) is 2.92. The number of esters is 3. The summed E-state index contributed by atoms with van der Waals surface area (Å²) in [5.74, 6) is 3.06. The Morgan fingerprint density at radius 3 is 2.28 bits per heavy atom. The molecule has 11 nitrogen and oxygen atoms in total. The minimum atomic E-state index is -1.27. The van der Waals surface area contributed by atoms with Gasteiger partial charge in [-0.25, -0.2) is 4.79 Å². The number of aromatic amines is 1. The van der Waals surface area contributed by atoms with Crippen molar-refractivity contribution < 1.29 is 33.3 Å². The molecule has 29 heavy (non-hydrogen) atoms. The number of rotatable bonds is 5. The zero-order valence-electron chi connectivity index (χ0n) is 16.2. The van der Waals surface area contributed by atoms with E-state index >= 15 is 0 Å². The number of hydrogen-bond donors (Lipinski definition) is 1. The molecule has 1 aromatic heterocycles. The second-order valence-corrected chi connectivity index (χ2v) is 6.10. The largest absolute Gasteiger partial charge is 0.463 e. The van der Waals surface area contributed by atoms with Crippen molar-refractivity contribution in [1.29, 1.82) is 0 Å². The van der Waals surface area contributed by atoms with Crippen molar-refractivity contribution in [2.75, 3.05) is 6.61 Å². The highest BCUT2D eigenvalue weighted by atomic mass is 16.7. The highest BCUT2D eigenvalue weighted by Crippen LogP contribution is 2.33. The van der Waals surface area contributed by atoms with Crippen LogP contribution in [0.3, 0.4) is 0 Å². The zero-order valence-corrected chi connectivity index (χ0v) is 16.2. The van der Waals surface area contributed by atoms with E-state index in [4.69, 9.17) is 18.9 Å². The van der Waals surface area contributed by atoms with Gasteiger partial charge in [-0.1, -0.05) is 5.92 Å². The lowest BCUT2D eigenvalue weighted by Gasteiger charge is -2.23. The summed E-state index contributed by atoms with van der Waals surface area (Å²) in [6, 6.07) is 0. The SMILES string of the molecule is CC#Cc1cn([C@@H]2O[C@H](COC(C)=O)[C@@H](OC(C)=O)[C@@H]2OC(C)=O)c(=O)[nH]c1=O. The Kier molecular flexibility index (Phi) is 6.95. The summed E-state index contributed by atoms with van der Waals surface area (Å²) in [6.07, 6.45) is -3.57. The minimum Gasteiger partial charge on any atom is -0.463 e. The van der Waals surface area contributed by atoms with Crippen molar-refractivity contribution in [3.63, 3.8) is 0 Å². The molecule has 1 aliphatic heterocycles. The third-order valence-electron chi connectivity index (χ3n) is 3.84. The molecule has 1 aromatic rings. The van der Waals surface area contributed by atoms with Crippen LogP contribution >= 0.6 is 0 Å². The van der Waals surface area contributed by atoms with Gasteiger partial charge in [0.1, 0.15) is 18.3 Å². The van der Waals surface area contributed by atoms with Crippen molar-refractivity contribution in [2.24, 2.45) is 0 Å². The van der Waals surface area contributed by atoms with E-state index in [0.29, 0.717) is 0 Å². The van der Waals surface area contributed by atoms with E-state index in [2.05, 4.69) is 16.8 Å². The molecule has 4 atom stereocenters. The first-order valence-corrected chi connectivity index (χ1v) is 8.55. The molecule has 1 fully saturated rings. The van der Waals surface area contributed by atoms with E-state index in [1.165, 1.54) is 13.8 Å². The van der Waals surface area contributed by atoms with Crippen LogP contribution in [-0.4, -0.2) is 52.4 Å². The molecule has 0 amide bonds. The minimum absolute atomic E-state index is 0.0234. The quantitative estimate of drug-likeness (QED) is 0.377. The van der Waals surface area contributed by atoms with Gasteiger partial charge in [-0.3, -0.25) is 28.7 Å².